The van der Waals surface area contributed by atoms with Crippen LogP contribution in [0.1, 0.15) is 78.6 Å². The van der Waals surface area contributed by atoms with Gasteiger partial charge in [0.1, 0.15) is 5.78 Å². The zero-order chi connectivity index (χ0) is 17.4. The van der Waals surface area contributed by atoms with Gasteiger partial charge in [-0.3, -0.25) is 9.59 Å². The van der Waals surface area contributed by atoms with E-state index >= 15 is 0 Å². The molecule has 1 spiro atoms. The van der Waals surface area contributed by atoms with Crippen LogP contribution in [0.15, 0.2) is 0 Å². The van der Waals surface area contributed by atoms with Crippen molar-refractivity contribution >= 4 is 11.8 Å². The van der Waals surface area contributed by atoms with Crippen LogP contribution in [-0.4, -0.2) is 18.9 Å². The zero-order valence-corrected chi connectivity index (χ0v) is 15.7. The summed E-state index contributed by atoms with van der Waals surface area (Å²) in [5.41, 5.74) is 0.0157. The van der Waals surface area contributed by atoms with E-state index in [4.69, 9.17) is 4.74 Å². The van der Waals surface area contributed by atoms with Gasteiger partial charge in [0, 0.05) is 11.8 Å². The number of esters is 1. The highest BCUT2D eigenvalue weighted by Gasteiger charge is 2.68. The molecule has 0 saturated heterocycles. The van der Waals surface area contributed by atoms with Crippen LogP contribution in [0, 0.1) is 33.5 Å². The summed E-state index contributed by atoms with van der Waals surface area (Å²) in [5.74, 6) is 1.51. The Labute approximate surface area is 145 Å². The lowest BCUT2D eigenvalue weighted by atomic mass is 9.40. The van der Waals surface area contributed by atoms with E-state index in [-0.39, 0.29) is 27.6 Å². The van der Waals surface area contributed by atoms with E-state index in [1.807, 2.05) is 0 Å². The fourth-order valence-electron chi connectivity index (χ4n) is 7.98. The predicted octanol–water partition coefficient (Wildman–Crippen LogP) is 4.53. The smallest absolute Gasteiger partial charge is 0.311 e. The normalized spacial score (nSPS) is 53.2. The van der Waals surface area contributed by atoms with Crippen LogP contribution in [0.2, 0.25) is 0 Å². The van der Waals surface area contributed by atoms with Crippen LogP contribution in [0.3, 0.4) is 0 Å². The monoisotopic (exact) mass is 332 g/mol. The van der Waals surface area contributed by atoms with Gasteiger partial charge in [0.05, 0.1) is 12.5 Å². The molecule has 0 heterocycles. The highest BCUT2D eigenvalue weighted by molar-refractivity contribution is 5.88. The first kappa shape index (κ1) is 16.6. The van der Waals surface area contributed by atoms with Crippen LogP contribution in [0.25, 0.3) is 0 Å². The van der Waals surface area contributed by atoms with Crippen LogP contribution in [-0.2, 0) is 14.3 Å². The third-order valence-corrected chi connectivity index (χ3v) is 9.01. The standard InChI is InChI=1S/C21H32O3/c1-18-10-6-15-19(2)8-5-9-20(3,17(23)24-4)14(19)7-11-21(15,13-18)12-16(18)22/h14-15H,5-13H2,1-4H3/t14-,15-,18-,19+,20+,21-/m0/s1. The summed E-state index contributed by atoms with van der Waals surface area (Å²) in [4.78, 5) is 25.3. The predicted molar refractivity (Wildman–Crippen MR) is 92.3 cm³/mol. The minimum atomic E-state index is -0.341. The minimum Gasteiger partial charge on any atom is -0.469 e. The summed E-state index contributed by atoms with van der Waals surface area (Å²) in [7, 11) is 1.53. The van der Waals surface area contributed by atoms with E-state index in [1.165, 1.54) is 20.0 Å². The van der Waals surface area contributed by atoms with Crippen LogP contribution in [0.4, 0.5) is 0 Å². The molecule has 0 aromatic rings. The summed E-state index contributed by atoms with van der Waals surface area (Å²) in [6.07, 6.45) is 9.61. The molecule has 0 aliphatic heterocycles. The number of ketones is 1. The van der Waals surface area contributed by atoms with E-state index in [1.54, 1.807) is 0 Å². The van der Waals surface area contributed by atoms with Crippen molar-refractivity contribution in [3.63, 3.8) is 0 Å². The van der Waals surface area contributed by atoms with Gasteiger partial charge in [0.15, 0.2) is 0 Å². The Bertz CT molecular complexity index is 598. The third kappa shape index (κ3) is 1.85. The Morgan fingerprint density at radius 2 is 1.75 bits per heavy atom. The number of hydrogen-bond acceptors (Lipinski definition) is 3. The highest BCUT2D eigenvalue weighted by Crippen LogP contribution is 2.73. The third-order valence-electron chi connectivity index (χ3n) is 9.01. The molecule has 0 aromatic heterocycles. The Balaban J connectivity index is 1.74. The second-order valence-corrected chi connectivity index (χ2v) is 10.2. The lowest BCUT2D eigenvalue weighted by Crippen LogP contribution is -2.58. The first-order valence-corrected chi connectivity index (χ1v) is 9.82. The maximum atomic E-state index is 12.7. The topological polar surface area (TPSA) is 43.4 Å². The molecular formula is C21H32O3. The summed E-state index contributed by atoms with van der Waals surface area (Å²) in [6, 6.07) is 0. The fourth-order valence-corrected chi connectivity index (χ4v) is 7.98. The fraction of sp³-hybridized carbons (Fsp3) is 0.905. The van der Waals surface area contributed by atoms with Crippen molar-refractivity contribution in [2.45, 2.75) is 78.6 Å². The Hall–Kier alpha value is -0.860. The summed E-state index contributed by atoms with van der Waals surface area (Å²) >= 11 is 0. The molecule has 4 rings (SSSR count). The van der Waals surface area contributed by atoms with Gasteiger partial charge in [0.2, 0.25) is 0 Å². The molecule has 0 aromatic carbocycles. The van der Waals surface area contributed by atoms with E-state index in [9.17, 15) is 9.59 Å². The Morgan fingerprint density at radius 1 is 1.04 bits per heavy atom. The number of carbonyl (C=O) groups is 2. The van der Waals surface area contributed by atoms with Gasteiger partial charge in [-0.1, -0.05) is 20.3 Å². The quantitative estimate of drug-likeness (QED) is 0.663. The van der Waals surface area contributed by atoms with Crippen molar-refractivity contribution in [1.29, 1.82) is 0 Å². The molecule has 4 aliphatic rings. The molecule has 6 atom stereocenters. The van der Waals surface area contributed by atoms with Gasteiger partial charge in [-0.05, 0) is 74.5 Å². The lowest BCUT2D eigenvalue weighted by molar-refractivity contribution is -0.185. The van der Waals surface area contributed by atoms with Crippen molar-refractivity contribution in [1.82, 2.24) is 0 Å². The lowest BCUT2D eigenvalue weighted by Gasteiger charge is -2.63. The van der Waals surface area contributed by atoms with Gasteiger partial charge < -0.3 is 4.74 Å². The number of ether oxygens (including phenoxy) is 1. The first-order chi connectivity index (χ1) is 11.2. The second kappa shape index (κ2) is 4.86. The maximum Gasteiger partial charge on any atom is 0.311 e. The number of hydrogen-bond donors (Lipinski definition) is 0. The van der Waals surface area contributed by atoms with E-state index in [2.05, 4.69) is 20.8 Å². The van der Waals surface area contributed by atoms with Crippen LogP contribution >= 0.6 is 0 Å². The highest BCUT2D eigenvalue weighted by atomic mass is 16.5. The van der Waals surface area contributed by atoms with Gasteiger partial charge >= 0.3 is 5.97 Å². The van der Waals surface area contributed by atoms with E-state index in [0.29, 0.717) is 17.6 Å². The van der Waals surface area contributed by atoms with Crippen LogP contribution < -0.4 is 0 Å². The summed E-state index contributed by atoms with van der Waals surface area (Å²) < 4.78 is 5.22. The molecule has 3 nitrogen and oxygen atoms in total. The number of Topliss-reactive ketones (excluding diaryl/α,β-unsaturated/α-hetero) is 1. The molecular weight excluding hydrogens is 300 g/mol. The minimum absolute atomic E-state index is 0.0162. The maximum absolute atomic E-state index is 12.7. The molecule has 24 heavy (non-hydrogen) atoms. The largest absolute Gasteiger partial charge is 0.469 e. The molecule has 4 saturated carbocycles. The van der Waals surface area contributed by atoms with Gasteiger partial charge in [-0.2, -0.15) is 0 Å². The van der Waals surface area contributed by atoms with Crippen molar-refractivity contribution in [3.05, 3.63) is 0 Å². The summed E-state index contributed by atoms with van der Waals surface area (Å²) in [6.45, 7) is 6.79. The SMILES string of the molecule is COC(=O)[C@]1(C)CCC[C@@]2(C)[C@@H]3CC[C@@]4(C)C[C@]3(CC[C@@H]21)CC4=O. The number of fused-ring (bicyclic) bond motifs is 3. The molecule has 134 valence electrons. The number of carbonyl (C=O) groups excluding carboxylic acids is 2. The number of rotatable bonds is 1. The molecule has 0 radical (unpaired) electrons. The zero-order valence-electron chi connectivity index (χ0n) is 15.7. The molecule has 4 aliphatic carbocycles. The molecule has 0 unspecified atom stereocenters. The van der Waals surface area contributed by atoms with Gasteiger partial charge in [-0.15, -0.1) is 0 Å². The first-order valence-electron chi connectivity index (χ1n) is 9.82. The average molecular weight is 332 g/mol. The average Bonchev–Trinajstić information content (AvgIpc) is 2.70. The Morgan fingerprint density at radius 3 is 2.46 bits per heavy atom. The molecule has 0 N–H and O–H groups in total. The van der Waals surface area contributed by atoms with Crippen molar-refractivity contribution in [2.24, 2.45) is 33.5 Å². The van der Waals surface area contributed by atoms with E-state index in [0.717, 1.165) is 44.9 Å². The van der Waals surface area contributed by atoms with E-state index < -0.39 is 0 Å². The molecule has 4 fully saturated rings. The van der Waals surface area contributed by atoms with Crippen molar-refractivity contribution in [2.75, 3.05) is 7.11 Å². The molecule has 0 amide bonds. The van der Waals surface area contributed by atoms with Crippen LogP contribution in [0.5, 0.6) is 0 Å². The molecule has 3 heteroatoms. The van der Waals surface area contributed by atoms with Crippen molar-refractivity contribution < 1.29 is 14.3 Å². The molecule has 2 bridgehead atoms. The number of methoxy groups -OCH3 is 1. The Kier molecular flexibility index (Phi) is 3.36. The van der Waals surface area contributed by atoms with Gasteiger partial charge in [0.25, 0.3) is 0 Å². The summed E-state index contributed by atoms with van der Waals surface area (Å²) in [5, 5.41) is 0. The van der Waals surface area contributed by atoms with Gasteiger partial charge in [-0.25, -0.2) is 0 Å². The van der Waals surface area contributed by atoms with Crippen molar-refractivity contribution in [3.8, 4) is 0 Å². The second-order valence-electron chi connectivity index (χ2n) is 10.2.